The highest BCUT2D eigenvalue weighted by atomic mass is 16.5. The topological polar surface area (TPSA) is 55.4 Å². The van der Waals surface area contributed by atoms with E-state index < -0.39 is 0 Å². The summed E-state index contributed by atoms with van der Waals surface area (Å²) in [4.78, 5) is 23.2. The fourth-order valence-corrected chi connectivity index (χ4v) is 1.81. The molecule has 1 amide bonds. The number of amides is 1. The molecule has 0 atom stereocenters. The van der Waals surface area contributed by atoms with Crippen molar-refractivity contribution in [3.05, 3.63) is 35.4 Å². The third kappa shape index (κ3) is 4.73. The molecule has 4 heteroatoms. The lowest BCUT2D eigenvalue weighted by atomic mass is 9.97. The zero-order valence-electron chi connectivity index (χ0n) is 11.7. The second-order valence-electron chi connectivity index (χ2n) is 4.55. The van der Waals surface area contributed by atoms with Gasteiger partial charge in [-0.1, -0.05) is 32.0 Å². The predicted octanol–water partition coefficient (Wildman–Crippen LogP) is 2.49. The van der Waals surface area contributed by atoms with Crippen LogP contribution in [0.2, 0.25) is 0 Å². The first-order valence-corrected chi connectivity index (χ1v) is 6.59. The first kappa shape index (κ1) is 15.2. The number of nitrogens with one attached hydrogen (secondary N) is 1. The largest absolute Gasteiger partial charge is 0.466 e. The van der Waals surface area contributed by atoms with E-state index in [1.54, 1.807) is 13.0 Å². The molecule has 104 valence electrons. The average Bonchev–Trinajstić information content (AvgIpc) is 2.38. The van der Waals surface area contributed by atoms with Gasteiger partial charge in [0, 0.05) is 12.1 Å². The number of ether oxygens (including phenoxy) is 1. The number of esters is 1. The Morgan fingerprint density at radius 2 is 1.95 bits per heavy atom. The van der Waals surface area contributed by atoms with Gasteiger partial charge < -0.3 is 10.1 Å². The molecule has 0 saturated heterocycles. The van der Waals surface area contributed by atoms with E-state index in [0.29, 0.717) is 18.7 Å². The molecular weight excluding hydrogens is 242 g/mol. The zero-order valence-corrected chi connectivity index (χ0v) is 11.7. The van der Waals surface area contributed by atoms with Crippen LogP contribution in [0.1, 0.15) is 49.0 Å². The number of carbonyl (C=O) groups excluding carboxylic acids is 2. The molecule has 0 aromatic heterocycles. The minimum Gasteiger partial charge on any atom is -0.466 e. The maximum atomic E-state index is 12.0. The number of benzene rings is 1. The highest BCUT2D eigenvalue weighted by molar-refractivity contribution is 5.96. The first-order valence-electron chi connectivity index (χ1n) is 6.59. The Morgan fingerprint density at radius 3 is 2.58 bits per heavy atom. The van der Waals surface area contributed by atoms with Crippen LogP contribution in [0.25, 0.3) is 0 Å². The lowest BCUT2D eigenvalue weighted by Crippen LogP contribution is -2.27. The van der Waals surface area contributed by atoms with Gasteiger partial charge in [0.15, 0.2) is 0 Å². The van der Waals surface area contributed by atoms with Crippen molar-refractivity contribution in [1.82, 2.24) is 5.32 Å². The van der Waals surface area contributed by atoms with Crippen molar-refractivity contribution in [3.63, 3.8) is 0 Å². The molecule has 1 N–H and O–H groups in total. The standard InChI is InChI=1S/C15H21NO3/c1-4-19-14(17)9-10-16-15(18)13-8-6-5-7-12(13)11(2)3/h5-8,11H,4,9-10H2,1-3H3,(H,16,18). The van der Waals surface area contributed by atoms with E-state index in [2.05, 4.69) is 5.32 Å². The van der Waals surface area contributed by atoms with Crippen LogP contribution in [0.4, 0.5) is 0 Å². The van der Waals surface area contributed by atoms with Gasteiger partial charge in [0.05, 0.1) is 13.0 Å². The van der Waals surface area contributed by atoms with Gasteiger partial charge in [-0.25, -0.2) is 0 Å². The van der Waals surface area contributed by atoms with E-state index in [9.17, 15) is 9.59 Å². The second-order valence-corrected chi connectivity index (χ2v) is 4.55. The van der Waals surface area contributed by atoms with Crippen LogP contribution in [-0.4, -0.2) is 25.0 Å². The van der Waals surface area contributed by atoms with Crippen molar-refractivity contribution in [1.29, 1.82) is 0 Å². The van der Waals surface area contributed by atoms with Crippen molar-refractivity contribution < 1.29 is 14.3 Å². The molecule has 0 aliphatic rings. The quantitative estimate of drug-likeness (QED) is 0.802. The van der Waals surface area contributed by atoms with Crippen LogP contribution in [0.3, 0.4) is 0 Å². The summed E-state index contributed by atoms with van der Waals surface area (Å²) in [6.45, 7) is 6.51. The number of carbonyl (C=O) groups is 2. The van der Waals surface area contributed by atoms with Gasteiger partial charge in [-0.3, -0.25) is 9.59 Å². The van der Waals surface area contributed by atoms with Crippen molar-refractivity contribution >= 4 is 11.9 Å². The van der Waals surface area contributed by atoms with Gasteiger partial charge in [0.25, 0.3) is 5.91 Å². The molecule has 0 spiro atoms. The molecular formula is C15H21NO3. The molecule has 0 fully saturated rings. The van der Waals surface area contributed by atoms with Crippen LogP contribution in [-0.2, 0) is 9.53 Å². The summed E-state index contributed by atoms with van der Waals surface area (Å²) in [5, 5.41) is 2.74. The molecule has 0 heterocycles. The summed E-state index contributed by atoms with van der Waals surface area (Å²) in [6, 6.07) is 7.51. The summed E-state index contributed by atoms with van der Waals surface area (Å²) in [7, 11) is 0. The summed E-state index contributed by atoms with van der Waals surface area (Å²) in [5.74, 6) is -0.152. The molecule has 4 nitrogen and oxygen atoms in total. The van der Waals surface area contributed by atoms with Crippen molar-refractivity contribution in [2.45, 2.75) is 33.1 Å². The van der Waals surface area contributed by atoms with Crippen molar-refractivity contribution in [2.24, 2.45) is 0 Å². The molecule has 0 aliphatic carbocycles. The smallest absolute Gasteiger partial charge is 0.307 e. The van der Waals surface area contributed by atoms with Crippen LogP contribution in [0.15, 0.2) is 24.3 Å². The Balaban J connectivity index is 2.57. The van der Waals surface area contributed by atoms with E-state index >= 15 is 0 Å². The number of rotatable bonds is 6. The fourth-order valence-electron chi connectivity index (χ4n) is 1.81. The Morgan fingerprint density at radius 1 is 1.26 bits per heavy atom. The van der Waals surface area contributed by atoms with Crippen molar-refractivity contribution in [3.8, 4) is 0 Å². The van der Waals surface area contributed by atoms with E-state index in [1.165, 1.54) is 0 Å². The second kappa shape index (κ2) is 7.56. The van der Waals surface area contributed by atoms with Crippen LogP contribution >= 0.6 is 0 Å². The molecule has 1 rings (SSSR count). The van der Waals surface area contributed by atoms with Crippen molar-refractivity contribution in [2.75, 3.05) is 13.2 Å². The predicted molar refractivity (Wildman–Crippen MR) is 74.1 cm³/mol. The Bertz CT molecular complexity index is 441. The average molecular weight is 263 g/mol. The zero-order chi connectivity index (χ0) is 14.3. The highest BCUT2D eigenvalue weighted by Crippen LogP contribution is 2.18. The van der Waals surface area contributed by atoms with Crippen LogP contribution in [0.5, 0.6) is 0 Å². The Labute approximate surface area is 114 Å². The summed E-state index contributed by atoms with van der Waals surface area (Å²) < 4.78 is 4.80. The lowest BCUT2D eigenvalue weighted by molar-refractivity contribution is -0.142. The molecule has 0 bridgehead atoms. The molecule has 19 heavy (non-hydrogen) atoms. The Kier molecular flexibility index (Phi) is 6.06. The third-order valence-corrected chi connectivity index (χ3v) is 2.75. The van der Waals surface area contributed by atoms with Gasteiger partial charge in [-0.15, -0.1) is 0 Å². The van der Waals surface area contributed by atoms with Gasteiger partial charge in [0.2, 0.25) is 0 Å². The fraction of sp³-hybridized carbons (Fsp3) is 0.467. The van der Waals surface area contributed by atoms with E-state index in [0.717, 1.165) is 5.56 Å². The van der Waals surface area contributed by atoms with E-state index in [4.69, 9.17) is 4.74 Å². The molecule has 0 aliphatic heterocycles. The molecule has 1 aromatic rings. The van der Waals surface area contributed by atoms with Crippen LogP contribution in [0, 0.1) is 0 Å². The van der Waals surface area contributed by atoms with E-state index in [-0.39, 0.29) is 24.2 Å². The lowest BCUT2D eigenvalue weighted by Gasteiger charge is -2.12. The summed E-state index contributed by atoms with van der Waals surface area (Å²) in [6.07, 6.45) is 0.198. The normalized spacial score (nSPS) is 10.3. The molecule has 0 saturated carbocycles. The van der Waals surface area contributed by atoms with Gasteiger partial charge >= 0.3 is 5.97 Å². The first-order chi connectivity index (χ1) is 9.06. The van der Waals surface area contributed by atoms with Gasteiger partial charge in [-0.05, 0) is 24.5 Å². The number of hydrogen-bond acceptors (Lipinski definition) is 3. The summed E-state index contributed by atoms with van der Waals surface area (Å²) >= 11 is 0. The maximum absolute atomic E-state index is 12.0. The van der Waals surface area contributed by atoms with Crippen LogP contribution < -0.4 is 5.32 Å². The Hall–Kier alpha value is -1.84. The van der Waals surface area contributed by atoms with Gasteiger partial charge in [-0.2, -0.15) is 0 Å². The minimum absolute atomic E-state index is 0.145. The number of hydrogen-bond donors (Lipinski definition) is 1. The third-order valence-electron chi connectivity index (χ3n) is 2.75. The van der Waals surface area contributed by atoms with Gasteiger partial charge in [0.1, 0.15) is 0 Å². The maximum Gasteiger partial charge on any atom is 0.307 e. The molecule has 0 radical (unpaired) electrons. The monoisotopic (exact) mass is 263 g/mol. The SMILES string of the molecule is CCOC(=O)CCNC(=O)c1ccccc1C(C)C. The molecule has 1 aromatic carbocycles. The highest BCUT2D eigenvalue weighted by Gasteiger charge is 2.13. The summed E-state index contributed by atoms with van der Waals surface area (Å²) in [5.41, 5.74) is 1.68. The minimum atomic E-state index is -0.292. The molecule has 0 unspecified atom stereocenters. The van der Waals surface area contributed by atoms with E-state index in [1.807, 2.05) is 32.0 Å².